The van der Waals surface area contributed by atoms with Crippen LogP contribution in [0.2, 0.25) is 0 Å². The molecule has 0 radical (unpaired) electrons. The van der Waals surface area contributed by atoms with Crippen molar-refractivity contribution < 1.29 is 5.11 Å². The molecule has 1 rings (SSSR count). The van der Waals surface area contributed by atoms with E-state index in [0.29, 0.717) is 18.2 Å². The van der Waals surface area contributed by atoms with E-state index in [1.165, 1.54) is 16.7 Å². The van der Waals surface area contributed by atoms with Crippen LogP contribution in [-0.4, -0.2) is 17.1 Å². The highest BCUT2D eigenvalue weighted by Crippen LogP contribution is 2.22. The number of hydrogen-bond donors (Lipinski definition) is 1. The average Bonchev–Trinajstić information content (AvgIpc) is 2.17. The van der Waals surface area contributed by atoms with E-state index in [1.54, 1.807) is 0 Å². The Morgan fingerprint density at radius 1 is 1.33 bits per heavy atom. The standard InChI is InChI=1S/C13H19ClO/c1-9(2)13-5-4-10(3)6-11(13)7-12(15)8-14/h4-6,9,12,15H,7-8H2,1-3H3/t12-/m1/s1. The van der Waals surface area contributed by atoms with Gasteiger partial charge in [0.25, 0.3) is 0 Å². The number of aryl methyl sites for hydroxylation is 1. The van der Waals surface area contributed by atoms with E-state index in [1.807, 2.05) is 0 Å². The Bertz CT molecular complexity index is 320. The van der Waals surface area contributed by atoms with Crippen molar-refractivity contribution in [2.75, 3.05) is 5.88 Å². The van der Waals surface area contributed by atoms with Gasteiger partial charge in [0.05, 0.1) is 6.10 Å². The molecule has 0 aliphatic rings. The third kappa shape index (κ3) is 3.51. The Morgan fingerprint density at radius 2 is 2.00 bits per heavy atom. The first kappa shape index (κ1) is 12.5. The molecule has 1 atom stereocenters. The van der Waals surface area contributed by atoms with Gasteiger partial charge < -0.3 is 5.11 Å². The van der Waals surface area contributed by atoms with Crippen LogP contribution in [0.15, 0.2) is 18.2 Å². The van der Waals surface area contributed by atoms with Crippen LogP contribution in [0, 0.1) is 6.92 Å². The molecule has 0 spiro atoms. The number of hydrogen-bond acceptors (Lipinski definition) is 1. The van der Waals surface area contributed by atoms with Gasteiger partial charge in [-0.05, 0) is 30.4 Å². The zero-order valence-corrected chi connectivity index (χ0v) is 10.4. The summed E-state index contributed by atoms with van der Waals surface area (Å²) in [6, 6.07) is 6.41. The SMILES string of the molecule is Cc1ccc(C(C)C)c(C[C@@H](O)CCl)c1. The molecule has 1 N–H and O–H groups in total. The van der Waals surface area contributed by atoms with Crippen molar-refractivity contribution in [2.24, 2.45) is 0 Å². The van der Waals surface area contributed by atoms with Crippen LogP contribution in [0.25, 0.3) is 0 Å². The van der Waals surface area contributed by atoms with Gasteiger partial charge in [-0.25, -0.2) is 0 Å². The van der Waals surface area contributed by atoms with E-state index in [4.69, 9.17) is 11.6 Å². The number of rotatable bonds is 4. The summed E-state index contributed by atoms with van der Waals surface area (Å²) < 4.78 is 0. The third-order valence-electron chi connectivity index (χ3n) is 2.55. The summed E-state index contributed by atoms with van der Waals surface area (Å²) in [5.74, 6) is 0.786. The van der Waals surface area contributed by atoms with Crippen molar-refractivity contribution in [3.63, 3.8) is 0 Å². The lowest BCUT2D eigenvalue weighted by molar-refractivity contribution is 0.198. The Kier molecular flexibility index (Phi) is 4.62. The monoisotopic (exact) mass is 226 g/mol. The molecule has 0 heterocycles. The third-order valence-corrected chi connectivity index (χ3v) is 2.91. The molecular weight excluding hydrogens is 208 g/mol. The van der Waals surface area contributed by atoms with Crippen molar-refractivity contribution in [3.05, 3.63) is 34.9 Å². The lowest BCUT2D eigenvalue weighted by atomic mass is 9.92. The predicted octanol–water partition coefficient (Wildman–Crippen LogP) is 3.26. The van der Waals surface area contributed by atoms with Gasteiger partial charge in [0.2, 0.25) is 0 Å². The second kappa shape index (κ2) is 5.53. The molecule has 0 aromatic heterocycles. The normalized spacial score (nSPS) is 13.2. The minimum absolute atomic E-state index is 0.297. The van der Waals surface area contributed by atoms with Crippen molar-refractivity contribution >= 4 is 11.6 Å². The Hall–Kier alpha value is -0.530. The predicted molar refractivity (Wildman–Crippen MR) is 65.7 cm³/mol. The van der Waals surface area contributed by atoms with Crippen LogP contribution in [-0.2, 0) is 6.42 Å². The molecular formula is C13H19ClO. The van der Waals surface area contributed by atoms with Crippen molar-refractivity contribution in [3.8, 4) is 0 Å². The van der Waals surface area contributed by atoms with Gasteiger partial charge in [-0.3, -0.25) is 0 Å². The molecule has 1 nitrogen and oxygen atoms in total. The summed E-state index contributed by atoms with van der Waals surface area (Å²) in [6.45, 7) is 6.41. The maximum absolute atomic E-state index is 9.58. The van der Waals surface area contributed by atoms with E-state index >= 15 is 0 Å². The molecule has 0 aliphatic carbocycles. The quantitative estimate of drug-likeness (QED) is 0.782. The second-order valence-electron chi connectivity index (χ2n) is 4.37. The summed E-state index contributed by atoms with van der Waals surface area (Å²) in [4.78, 5) is 0. The fourth-order valence-electron chi connectivity index (χ4n) is 1.78. The lowest BCUT2D eigenvalue weighted by Gasteiger charge is -2.15. The maximum atomic E-state index is 9.58. The highest BCUT2D eigenvalue weighted by Gasteiger charge is 2.10. The van der Waals surface area contributed by atoms with Gasteiger partial charge in [0.1, 0.15) is 0 Å². The van der Waals surface area contributed by atoms with E-state index in [0.717, 1.165) is 0 Å². The zero-order chi connectivity index (χ0) is 11.4. The van der Waals surface area contributed by atoms with Gasteiger partial charge in [0, 0.05) is 5.88 Å². The molecule has 0 saturated heterocycles. The summed E-state index contributed by atoms with van der Waals surface area (Å²) in [6.07, 6.45) is 0.213. The Balaban J connectivity index is 2.96. The van der Waals surface area contributed by atoms with Crippen LogP contribution in [0.4, 0.5) is 0 Å². The van der Waals surface area contributed by atoms with E-state index in [-0.39, 0.29) is 0 Å². The number of alkyl halides is 1. The highest BCUT2D eigenvalue weighted by atomic mass is 35.5. The van der Waals surface area contributed by atoms with Gasteiger partial charge in [-0.2, -0.15) is 0 Å². The van der Waals surface area contributed by atoms with Gasteiger partial charge in [-0.1, -0.05) is 37.6 Å². The summed E-state index contributed by atoms with van der Waals surface area (Å²) in [5.41, 5.74) is 3.76. The number of halogens is 1. The van der Waals surface area contributed by atoms with Crippen LogP contribution in [0.3, 0.4) is 0 Å². The Labute approximate surface area is 97.1 Å². The van der Waals surface area contributed by atoms with Crippen molar-refractivity contribution in [1.29, 1.82) is 0 Å². The summed E-state index contributed by atoms with van der Waals surface area (Å²) in [7, 11) is 0. The van der Waals surface area contributed by atoms with Gasteiger partial charge in [0.15, 0.2) is 0 Å². The molecule has 0 amide bonds. The van der Waals surface area contributed by atoms with Crippen molar-refractivity contribution in [2.45, 2.75) is 39.2 Å². The smallest absolute Gasteiger partial charge is 0.0715 e. The first-order chi connectivity index (χ1) is 7.04. The topological polar surface area (TPSA) is 20.2 Å². The van der Waals surface area contributed by atoms with Gasteiger partial charge >= 0.3 is 0 Å². The molecule has 2 heteroatoms. The molecule has 15 heavy (non-hydrogen) atoms. The van der Waals surface area contributed by atoms with E-state index in [2.05, 4.69) is 39.0 Å². The summed E-state index contributed by atoms with van der Waals surface area (Å²) >= 11 is 5.62. The second-order valence-corrected chi connectivity index (χ2v) is 4.68. The number of aliphatic hydroxyl groups is 1. The van der Waals surface area contributed by atoms with E-state index < -0.39 is 6.10 Å². The molecule has 0 saturated carbocycles. The largest absolute Gasteiger partial charge is 0.392 e. The van der Waals surface area contributed by atoms with E-state index in [9.17, 15) is 5.11 Å². The van der Waals surface area contributed by atoms with Crippen LogP contribution in [0.5, 0.6) is 0 Å². The molecule has 1 aromatic carbocycles. The molecule has 84 valence electrons. The van der Waals surface area contributed by atoms with Crippen LogP contribution >= 0.6 is 11.6 Å². The van der Waals surface area contributed by atoms with Crippen LogP contribution in [0.1, 0.15) is 36.5 Å². The summed E-state index contributed by atoms with van der Waals surface area (Å²) in [5, 5.41) is 9.58. The van der Waals surface area contributed by atoms with Crippen LogP contribution < -0.4 is 0 Å². The number of benzene rings is 1. The Morgan fingerprint density at radius 3 is 2.53 bits per heavy atom. The molecule has 0 bridgehead atoms. The molecule has 0 fully saturated rings. The maximum Gasteiger partial charge on any atom is 0.0715 e. The molecule has 1 aromatic rings. The van der Waals surface area contributed by atoms with Gasteiger partial charge in [-0.15, -0.1) is 11.6 Å². The number of aliphatic hydroxyl groups excluding tert-OH is 1. The van der Waals surface area contributed by atoms with Crippen molar-refractivity contribution in [1.82, 2.24) is 0 Å². The zero-order valence-electron chi connectivity index (χ0n) is 9.63. The first-order valence-electron chi connectivity index (χ1n) is 5.38. The fourth-order valence-corrected chi connectivity index (χ4v) is 1.89. The minimum Gasteiger partial charge on any atom is -0.392 e. The first-order valence-corrected chi connectivity index (χ1v) is 5.91. The lowest BCUT2D eigenvalue weighted by Crippen LogP contribution is -2.13. The molecule has 0 unspecified atom stereocenters. The fraction of sp³-hybridized carbons (Fsp3) is 0.538. The minimum atomic E-state index is -0.439. The highest BCUT2D eigenvalue weighted by molar-refractivity contribution is 6.18. The molecule has 0 aliphatic heterocycles. The average molecular weight is 227 g/mol.